The molecule has 3 heterocycles. The van der Waals surface area contributed by atoms with Crippen molar-refractivity contribution in [2.45, 2.75) is 37.9 Å². The number of fused-ring (bicyclic) bond motifs is 1. The van der Waals surface area contributed by atoms with Crippen LogP contribution in [0.25, 0.3) is 0 Å². The third-order valence-electron chi connectivity index (χ3n) is 5.49. The van der Waals surface area contributed by atoms with Crippen molar-refractivity contribution in [1.82, 2.24) is 25.3 Å². The van der Waals surface area contributed by atoms with Crippen LogP contribution in [0.4, 0.5) is 0 Å². The van der Waals surface area contributed by atoms with E-state index in [1.54, 1.807) is 24.1 Å². The average molecular weight is 367 g/mol. The predicted molar refractivity (Wildman–Crippen MR) is 101 cm³/mol. The first kappa shape index (κ1) is 17.7. The first-order chi connectivity index (χ1) is 13.1. The van der Waals surface area contributed by atoms with Gasteiger partial charge in [-0.2, -0.15) is 5.10 Å². The van der Waals surface area contributed by atoms with Gasteiger partial charge in [-0.1, -0.05) is 24.3 Å². The van der Waals surface area contributed by atoms with E-state index < -0.39 is 0 Å². The maximum absolute atomic E-state index is 12.9. The van der Waals surface area contributed by atoms with Gasteiger partial charge in [0.2, 0.25) is 5.91 Å². The molecule has 2 aliphatic rings. The van der Waals surface area contributed by atoms with Gasteiger partial charge in [0, 0.05) is 38.9 Å². The second kappa shape index (κ2) is 7.52. The molecule has 27 heavy (non-hydrogen) atoms. The highest BCUT2D eigenvalue weighted by atomic mass is 16.2. The Morgan fingerprint density at radius 3 is 2.63 bits per heavy atom. The Kier molecular flexibility index (Phi) is 4.94. The van der Waals surface area contributed by atoms with Crippen LogP contribution in [-0.4, -0.2) is 51.7 Å². The molecule has 2 amide bonds. The molecule has 4 rings (SSSR count). The molecule has 1 aromatic heterocycles. The molecule has 142 valence electrons. The Bertz CT molecular complexity index is 838. The second-order valence-corrected chi connectivity index (χ2v) is 7.38. The van der Waals surface area contributed by atoms with Crippen LogP contribution in [0.3, 0.4) is 0 Å². The number of benzene rings is 1. The lowest BCUT2D eigenvalue weighted by Crippen LogP contribution is -2.53. The molecule has 0 radical (unpaired) electrons. The predicted octanol–water partition coefficient (Wildman–Crippen LogP) is 0.855. The van der Waals surface area contributed by atoms with Gasteiger partial charge in [0.1, 0.15) is 0 Å². The molecule has 0 bridgehead atoms. The summed E-state index contributed by atoms with van der Waals surface area (Å²) in [7, 11) is 1.79. The molecule has 0 saturated carbocycles. The second-order valence-electron chi connectivity index (χ2n) is 7.38. The molecule has 2 N–H and O–H groups in total. The summed E-state index contributed by atoms with van der Waals surface area (Å²) in [6.07, 6.45) is 5.58. The summed E-state index contributed by atoms with van der Waals surface area (Å²) in [4.78, 5) is 27.1. The van der Waals surface area contributed by atoms with Gasteiger partial charge in [0.15, 0.2) is 0 Å². The number of aryl methyl sites for hydroxylation is 1. The molecule has 1 aromatic carbocycles. The highest BCUT2D eigenvalue weighted by molar-refractivity contribution is 5.93. The lowest BCUT2D eigenvalue weighted by atomic mass is 9.94. The van der Waals surface area contributed by atoms with Crippen molar-refractivity contribution in [3.63, 3.8) is 0 Å². The van der Waals surface area contributed by atoms with Crippen LogP contribution in [0, 0.1) is 0 Å². The van der Waals surface area contributed by atoms with Gasteiger partial charge in [0.25, 0.3) is 5.91 Å². The minimum Gasteiger partial charge on any atom is -0.349 e. The Morgan fingerprint density at radius 1 is 1.19 bits per heavy atom. The smallest absolute Gasteiger partial charge is 0.254 e. The number of aromatic nitrogens is 2. The molecule has 0 aliphatic carbocycles. The van der Waals surface area contributed by atoms with E-state index in [4.69, 9.17) is 0 Å². The molecule has 2 aliphatic heterocycles. The number of likely N-dealkylation sites (tertiary alicyclic amines) is 1. The maximum atomic E-state index is 12.9. The number of carbonyl (C=O) groups excluding carboxylic acids is 2. The summed E-state index contributed by atoms with van der Waals surface area (Å²) >= 11 is 0. The topological polar surface area (TPSA) is 79.3 Å². The number of nitrogens with zero attached hydrogens (tertiary/aromatic N) is 3. The van der Waals surface area contributed by atoms with Gasteiger partial charge in [-0.25, -0.2) is 0 Å². The van der Waals surface area contributed by atoms with Crippen LogP contribution < -0.4 is 10.6 Å². The van der Waals surface area contributed by atoms with E-state index in [0.29, 0.717) is 18.7 Å². The molecule has 7 nitrogen and oxygen atoms in total. The lowest BCUT2D eigenvalue weighted by molar-refractivity contribution is -0.134. The van der Waals surface area contributed by atoms with Crippen LogP contribution in [0.2, 0.25) is 0 Å². The third kappa shape index (κ3) is 3.88. The summed E-state index contributed by atoms with van der Waals surface area (Å²) in [5.41, 5.74) is 3.10. The quantitative estimate of drug-likeness (QED) is 0.843. The fourth-order valence-electron chi connectivity index (χ4n) is 3.90. The number of carbonyl (C=O) groups is 2. The van der Waals surface area contributed by atoms with Crippen LogP contribution in [0.1, 0.15) is 34.3 Å². The zero-order valence-electron chi connectivity index (χ0n) is 15.5. The molecule has 0 unspecified atom stereocenters. The first-order valence-corrected chi connectivity index (χ1v) is 9.48. The van der Waals surface area contributed by atoms with E-state index in [0.717, 1.165) is 25.8 Å². The minimum absolute atomic E-state index is 0.0987. The van der Waals surface area contributed by atoms with Crippen molar-refractivity contribution in [2.24, 2.45) is 7.05 Å². The number of amides is 2. The molecule has 2 aromatic rings. The van der Waals surface area contributed by atoms with Crippen molar-refractivity contribution in [3.05, 3.63) is 53.3 Å². The van der Waals surface area contributed by atoms with Crippen molar-refractivity contribution < 1.29 is 9.59 Å². The molecule has 1 fully saturated rings. The van der Waals surface area contributed by atoms with Gasteiger partial charge in [-0.15, -0.1) is 0 Å². The zero-order valence-corrected chi connectivity index (χ0v) is 15.5. The van der Waals surface area contributed by atoms with E-state index in [-0.39, 0.29) is 23.9 Å². The number of rotatable bonds is 3. The van der Waals surface area contributed by atoms with Crippen LogP contribution >= 0.6 is 0 Å². The Hall–Kier alpha value is -2.67. The molecule has 1 saturated heterocycles. The van der Waals surface area contributed by atoms with Crippen LogP contribution in [0.5, 0.6) is 0 Å². The molecule has 0 spiro atoms. The van der Waals surface area contributed by atoms with E-state index in [1.807, 2.05) is 17.0 Å². The number of piperidine rings is 1. The summed E-state index contributed by atoms with van der Waals surface area (Å²) in [6, 6.07) is 8.23. The average Bonchev–Trinajstić information content (AvgIpc) is 3.14. The minimum atomic E-state index is -0.151. The summed E-state index contributed by atoms with van der Waals surface area (Å²) < 4.78 is 1.62. The molecule has 1 atom stereocenters. The molecule has 7 heteroatoms. The normalized spacial score (nSPS) is 20.2. The van der Waals surface area contributed by atoms with Crippen molar-refractivity contribution in [1.29, 1.82) is 0 Å². The summed E-state index contributed by atoms with van der Waals surface area (Å²) in [6.45, 7) is 2.09. The van der Waals surface area contributed by atoms with Gasteiger partial charge >= 0.3 is 0 Å². The largest absolute Gasteiger partial charge is 0.349 e. The third-order valence-corrected chi connectivity index (χ3v) is 5.49. The van der Waals surface area contributed by atoms with Crippen molar-refractivity contribution in [3.8, 4) is 0 Å². The Balaban J connectivity index is 1.29. The fraction of sp³-hybridized carbons (Fsp3) is 0.450. The van der Waals surface area contributed by atoms with Gasteiger partial charge in [-0.3, -0.25) is 14.3 Å². The van der Waals surface area contributed by atoms with Gasteiger partial charge < -0.3 is 15.5 Å². The van der Waals surface area contributed by atoms with E-state index >= 15 is 0 Å². The fourth-order valence-corrected chi connectivity index (χ4v) is 3.90. The zero-order chi connectivity index (χ0) is 18.8. The number of nitrogens with one attached hydrogen (secondary N) is 2. The van der Waals surface area contributed by atoms with E-state index in [2.05, 4.69) is 27.9 Å². The Morgan fingerprint density at radius 2 is 1.93 bits per heavy atom. The summed E-state index contributed by atoms with van der Waals surface area (Å²) in [5, 5.41) is 10.5. The van der Waals surface area contributed by atoms with Crippen LogP contribution in [0.15, 0.2) is 36.7 Å². The van der Waals surface area contributed by atoms with E-state index in [1.165, 1.54) is 11.1 Å². The maximum Gasteiger partial charge on any atom is 0.254 e. The van der Waals surface area contributed by atoms with Crippen molar-refractivity contribution in [2.75, 3.05) is 13.1 Å². The highest BCUT2D eigenvalue weighted by Crippen LogP contribution is 2.19. The standard InChI is InChI=1S/C20H25N5O2/c1-24-13-16(12-22-24)19(26)23-17-6-8-25(9-7-17)20(27)18-10-14-4-2-3-5-15(14)11-21-18/h2-5,12-13,17-18,21H,6-11H2,1H3,(H,23,26)/t18-/m1/s1. The number of hydrogen-bond acceptors (Lipinski definition) is 4. The molecular weight excluding hydrogens is 342 g/mol. The summed E-state index contributed by atoms with van der Waals surface area (Å²) in [5.74, 6) is 0.0694. The monoisotopic (exact) mass is 367 g/mol. The SMILES string of the molecule is Cn1cc(C(=O)NC2CCN(C(=O)[C@H]3Cc4ccccc4CN3)CC2)cn1. The molecular formula is C20H25N5O2. The highest BCUT2D eigenvalue weighted by Gasteiger charge is 2.31. The van der Waals surface area contributed by atoms with Gasteiger partial charge in [0.05, 0.1) is 17.8 Å². The lowest BCUT2D eigenvalue weighted by Gasteiger charge is -2.36. The van der Waals surface area contributed by atoms with Crippen LogP contribution in [-0.2, 0) is 24.8 Å². The van der Waals surface area contributed by atoms with E-state index in [9.17, 15) is 9.59 Å². The number of hydrogen-bond donors (Lipinski definition) is 2. The Labute approximate surface area is 158 Å². The van der Waals surface area contributed by atoms with Crippen molar-refractivity contribution >= 4 is 11.8 Å². The first-order valence-electron chi connectivity index (χ1n) is 9.48. The van der Waals surface area contributed by atoms with Gasteiger partial charge in [-0.05, 0) is 30.4 Å².